The Morgan fingerprint density at radius 1 is 1.02 bits per heavy atom. The van der Waals surface area contributed by atoms with Crippen LogP contribution in [0.15, 0.2) is 55.0 Å². The molecule has 4 N–H and O–H groups in total. The fraction of sp³-hybridized carbons (Fsp3) is 0.382. The summed E-state index contributed by atoms with van der Waals surface area (Å²) in [6, 6.07) is 9.31. The summed E-state index contributed by atoms with van der Waals surface area (Å²) in [5, 5.41) is 22.1. The summed E-state index contributed by atoms with van der Waals surface area (Å²) in [5.74, 6) is -2.02. The first kappa shape index (κ1) is 32.7. The van der Waals surface area contributed by atoms with Gasteiger partial charge in [0.1, 0.15) is 5.82 Å². The van der Waals surface area contributed by atoms with Crippen molar-refractivity contribution in [1.29, 1.82) is 0 Å². The van der Waals surface area contributed by atoms with Crippen LogP contribution in [0.4, 0.5) is 10.1 Å². The third-order valence-electron chi connectivity index (χ3n) is 8.49. The van der Waals surface area contributed by atoms with Crippen LogP contribution in [0.3, 0.4) is 0 Å². The zero-order valence-corrected chi connectivity index (χ0v) is 26.8. The van der Waals surface area contributed by atoms with Gasteiger partial charge in [-0.2, -0.15) is 5.10 Å². The molecule has 0 radical (unpaired) electrons. The van der Waals surface area contributed by atoms with Crippen molar-refractivity contribution in [3.8, 4) is 11.1 Å². The number of aryl methyl sites for hydroxylation is 1. The molecule has 1 saturated heterocycles. The van der Waals surface area contributed by atoms with Crippen molar-refractivity contribution in [1.82, 2.24) is 30.1 Å². The lowest BCUT2D eigenvalue weighted by Gasteiger charge is -2.31. The van der Waals surface area contributed by atoms with E-state index in [0.717, 1.165) is 25.9 Å². The van der Waals surface area contributed by atoms with Crippen molar-refractivity contribution in [2.75, 3.05) is 31.6 Å². The summed E-state index contributed by atoms with van der Waals surface area (Å²) >= 11 is 0. The molecular weight excluding hydrogens is 589 g/mol. The highest BCUT2D eigenvalue weighted by atomic mass is 19.1. The number of likely N-dealkylation sites (tertiary alicyclic amines) is 1. The largest absolute Gasteiger partial charge is 0.394 e. The van der Waals surface area contributed by atoms with Gasteiger partial charge in [0.2, 0.25) is 0 Å². The molecule has 11 nitrogen and oxygen atoms in total. The van der Waals surface area contributed by atoms with Crippen LogP contribution >= 0.6 is 0 Å². The number of carbonyl (C=O) groups is 3. The molecule has 3 aromatic heterocycles. The van der Waals surface area contributed by atoms with Gasteiger partial charge in [-0.15, -0.1) is 0 Å². The molecule has 3 amide bonds. The van der Waals surface area contributed by atoms with E-state index in [1.54, 1.807) is 51.2 Å². The molecule has 0 aliphatic carbocycles. The van der Waals surface area contributed by atoms with Gasteiger partial charge in [-0.25, -0.2) is 8.91 Å². The van der Waals surface area contributed by atoms with E-state index in [9.17, 15) is 23.9 Å². The van der Waals surface area contributed by atoms with Gasteiger partial charge >= 0.3 is 0 Å². The number of nitrogens with zero attached hydrogens (tertiary/aromatic N) is 4. The number of anilines is 1. The summed E-state index contributed by atoms with van der Waals surface area (Å²) in [7, 11) is 0. The molecule has 0 saturated carbocycles. The first-order valence-electron chi connectivity index (χ1n) is 15.3. The van der Waals surface area contributed by atoms with Crippen LogP contribution in [0.1, 0.15) is 77.3 Å². The van der Waals surface area contributed by atoms with Gasteiger partial charge in [-0.3, -0.25) is 24.3 Å². The van der Waals surface area contributed by atoms with E-state index in [1.165, 1.54) is 29.0 Å². The number of fused-ring (bicyclic) bond motifs is 1. The third kappa shape index (κ3) is 7.08. The molecule has 0 bridgehead atoms. The second-order valence-electron chi connectivity index (χ2n) is 13.0. The van der Waals surface area contributed by atoms with E-state index < -0.39 is 23.2 Å². The lowest BCUT2D eigenvalue weighted by atomic mass is 10.0. The monoisotopic (exact) mass is 629 g/mol. The molecule has 0 atom stereocenters. The normalized spacial score (nSPS) is 14.8. The topological polar surface area (TPSA) is 141 Å². The maximum atomic E-state index is 14.9. The Hall–Kier alpha value is -4.68. The molecule has 1 fully saturated rings. The average molecular weight is 630 g/mol. The van der Waals surface area contributed by atoms with E-state index in [4.69, 9.17) is 0 Å². The quantitative estimate of drug-likeness (QED) is 0.206. The fourth-order valence-corrected chi connectivity index (χ4v) is 5.58. The SMILES string of the molecule is Cc1ncc(C(=O)NCCN2CCCC2(C)C)cc1NC(=O)c1cnn2cc(-c3ccc(C(=O)NC(C)(C)CO)c(F)c3)ccc12. The maximum absolute atomic E-state index is 14.9. The number of aromatic nitrogens is 3. The molecular formula is C34H40FN7O4. The summed E-state index contributed by atoms with van der Waals surface area (Å²) in [4.78, 5) is 45.4. The zero-order valence-electron chi connectivity index (χ0n) is 26.8. The summed E-state index contributed by atoms with van der Waals surface area (Å²) in [5.41, 5.74) is 2.38. The molecule has 12 heteroatoms. The molecule has 1 aromatic carbocycles. The van der Waals surface area contributed by atoms with Gasteiger partial charge in [-0.1, -0.05) is 12.1 Å². The highest BCUT2D eigenvalue weighted by Crippen LogP contribution is 2.28. The van der Waals surface area contributed by atoms with E-state index in [0.29, 0.717) is 45.7 Å². The maximum Gasteiger partial charge on any atom is 0.259 e. The van der Waals surface area contributed by atoms with E-state index >= 15 is 0 Å². The number of carbonyl (C=O) groups excluding carboxylic acids is 3. The molecule has 0 spiro atoms. The lowest BCUT2D eigenvalue weighted by Crippen LogP contribution is -2.46. The van der Waals surface area contributed by atoms with Crippen LogP contribution in [0.25, 0.3) is 16.6 Å². The molecule has 1 aliphatic heterocycles. The number of hydrogen-bond donors (Lipinski definition) is 4. The minimum Gasteiger partial charge on any atom is -0.394 e. The summed E-state index contributed by atoms with van der Waals surface area (Å²) in [6.45, 7) is 11.5. The van der Waals surface area contributed by atoms with E-state index in [-0.39, 0.29) is 23.6 Å². The zero-order chi connectivity index (χ0) is 33.2. The molecule has 5 rings (SSSR count). The van der Waals surface area contributed by atoms with Crippen LogP contribution in [0.5, 0.6) is 0 Å². The van der Waals surface area contributed by atoms with Crippen molar-refractivity contribution >= 4 is 28.9 Å². The van der Waals surface area contributed by atoms with Crippen LogP contribution in [-0.2, 0) is 0 Å². The number of amides is 3. The van der Waals surface area contributed by atoms with Gasteiger partial charge < -0.3 is 21.1 Å². The summed E-state index contributed by atoms with van der Waals surface area (Å²) in [6.07, 6.45) is 6.89. The molecule has 4 heterocycles. The van der Waals surface area contributed by atoms with E-state index in [1.807, 2.05) is 0 Å². The minimum atomic E-state index is -0.894. The van der Waals surface area contributed by atoms with Crippen LogP contribution in [-0.4, -0.2) is 79.6 Å². The first-order valence-corrected chi connectivity index (χ1v) is 15.3. The second kappa shape index (κ2) is 13.0. The molecule has 242 valence electrons. The Kier molecular flexibility index (Phi) is 9.22. The van der Waals surface area contributed by atoms with Crippen molar-refractivity contribution in [3.05, 3.63) is 83.2 Å². The van der Waals surface area contributed by atoms with Crippen molar-refractivity contribution in [2.45, 2.75) is 58.5 Å². The van der Waals surface area contributed by atoms with Crippen molar-refractivity contribution in [2.24, 2.45) is 0 Å². The number of nitrogens with one attached hydrogen (secondary N) is 3. The van der Waals surface area contributed by atoms with Crippen molar-refractivity contribution < 1.29 is 23.9 Å². The highest BCUT2D eigenvalue weighted by Gasteiger charge is 2.31. The number of rotatable bonds is 10. The number of benzene rings is 1. The molecule has 46 heavy (non-hydrogen) atoms. The fourth-order valence-electron chi connectivity index (χ4n) is 5.58. The molecule has 0 unspecified atom stereocenters. The Morgan fingerprint density at radius 3 is 2.48 bits per heavy atom. The Labute approximate surface area is 267 Å². The van der Waals surface area contributed by atoms with Gasteiger partial charge in [0.25, 0.3) is 17.7 Å². The number of aliphatic hydroxyl groups is 1. The number of aliphatic hydroxyl groups excluding tert-OH is 1. The van der Waals surface area contributed by atoms with Gasteiger partial charge in [0, 0.05) is 36.6 Å². The van der Waals surface area contributed by atoms with Gasteiger partial charge in [0.15, 0.2) is 0 Å². The predicted octanol–water partition coefficient (Wildman–Crippen LogP) is 4.20. The van der Waals surface area contributed by atoms with Crippen molar-refractivity contribution in [3.63, 3.8) is 0 Å². The Morgan fingerprint density at radius 2 is 1.78 bits per heavy atom. The minimum absolute atomic E-state index is 0.134. The molecule has 1 aliphatic rings. The highest BCUT2D eigenvalue weighted by molar-refractivity contribution is 6.09. The lowest BCUT2D eigenvalue weighted by molar-refractivity contribution is 0.0864. The van der Waals surface area contributed by atoms with Crippen LogP contribution in [0.2, 0.25) is 0 Å². The Bertz CT molecular complexity index is 1800. The van der Waals surface area contributed by atoms with E-state index in [2.05, 4.69) is 44.8 Å². The molecule has 4 aromatic rings. The van der Waals surface area contributed by atoms with Crippen LogP contribution < -0.4 is 16.0 Å². The third-order valence-corrected chi connectivity index (χ3v) is 8.49. The number of hydrogen-bond acceptors (Lipinski definition) is 7. The standard InChI is InChI=1S/C34H40FN7O4/c1-21-28(16-24(17-37-21)30(44)36-12-14-41-13-6-11-34(41,4)5)39-31(45)26-18-38-42-19-23(8-10-29(26)42)22-7-9-25(27(35)15-22)32(46)40-33(2,3)20-43/h7-10,15-19,43H,6,11-14,20H2,1-5H3,(H,36,44)(H,39,45)(H,40,46). The number of halogens is 1. The van der Waals surface area contributed by atoms with Crippen LogP contribution in [0, 0.1) is 12.7 Å². The predicted molar refractivity (Wildman–Crippen MR) is 173 cm³/mol. The van der Waals surface area contributed by atoms with Gasteiger partial charge in [0.05, 0.1) is 51.9 Å². The smallest absolute Gasteiger partial charge is 0.259 e. The average Bonchev–Trinajstić information content (AvgIpc) is 3.59. The Balaban J connectivity index is 1.27. The first-order chi connectivity index (χ1) is 21.8. The summed E-state index contributed by atoms with van der Waals surface area (Å²) < 4.78 is 16.4. The number of pyridine rings is 2. The van der Waals surface area contributed by atoms with Gasteiger partial charge in [-0.05, 0) is 83.8 Å². The second-order valence-corrected chi connectivity index (χ2v) is 13.0.